The number of carbonyl (C=O) groups is 2. The highest BCUT2D eigenvalue weighted by Crippen LogP contribution is 2.31. The van der Waals surface area contributed by atoms with Gasteiger partial charge in [-0.3, -0.25) is 14.4 Å². The van der Waals surface area contributed by atoms with Crippen LogP contribution in [0.4, 0.5) is 5.69 Å². The van der Waals surface area contributed by atoms with E-state index in [1.165, 1.54) is 14.2 Å². The van der Waals surface area contributed by atoms with Crippen LogP contribution in [0, 0.1) is 19.8 Å². The van der Waals surface area contributed by atoms with E-state index in [9.17, 15) is 14.4 Å². The summed E-state index contributed by atoms with van der Waals surface area (Å²) in [5.74, 6) is 0.600. The number of rotatable bonds is 7. The summed E-state index contributed by atoms with van der Waals surface area (Å²) in [6, 6.07) is 9.06. The molecule has 184 valence electrons. The molecule has 1 aliphatic rings. The molecule has 1 fully saturated rings. The van der Waals surface area contributed by atoms with Crippen LogP contribution in [0.5, 0.6) is 11.5 Å². The largest absolute Gasteiger partial charge is 0.493 e. The minimum atomic E-state index is -0.459. The number of ether oxygens (including phenoxy) is 2. The molecule has 4 rings (SSSR count). The molecule has 1 saturated heterocycles. The van der Waals surface area contributed by atoms with Gasteiger partial charge < -0.3 is 24.3 Å². The number of aryl methyl sites for hydroxylation is 1. The van der Waals surface area contributed by atoms with Crippen molar-refractivity contribution in [1.29, 1.82) is 0 Å². The number of amides is 2. The van der Waals surface area contributed by atoms with Gasteiger partial charge >= 0.3 is 0 Å². The van der Waals surface area contributed by atoms with E-state index in [4.69, 9.17) is 9.47 Å². The van der Waals surface area contributed by atoms with Crippen LogP contribution in [-0.4, -0.2) is 54.0 Å². The maximum Gasteiger partial charge on any atom is 0.258 e. The maximum absolute atomic E-state index is 13.4. The molecule has 0 bridgehead atoms. The molecule has 2 aromatic carbocycles. The molecule has 1 atom stereocenters. The average molecular weight is 479 g/mol. The molecule has 0 saturated carbocycles. The van der Waals surface area contributed by atoms with Crippen molar-refractivity contribution in [3.63, 3.8) is 0 Å². The molecular weight excluding hydrogens is 448 g/mol. The van der Waals surface area contributed by atoms with Gasteiger partial charge in [-0.15, -0.1) is 0 Å². The van der Waals surface area contributed by atoms with Crippen molar-refractivity contribution in [1.82, 2.24) is 14.9 Å². The number of aromatic nitrogens is 2. The van der Waals surface area contributed by atoms with E-state index in [0.717, 1.165) is 16.8 Å². The Morgan fingerprint density at radius 2 is 1.89 bits per heavy atom. The molecule has 9 nitrogen and oxygen atoms in total. The molecule has 0 radical (unpaired) electrons. The Balaban J connectivity index is 1.56. The van der Waals surface area contributed by atoms with Crippen molar-refractivity contribution >= 4 is 28.4 Å². The zero-order valence-corrected chi connectivity index (χ0v) is 20.7. The van der Waals surface area contributed by atoms with Crippen LogP contribution in [0.3, 0.4) is 0 Å². The van der Waals surface area contributed by atoms with E-state index in [1.54, 1.807) is 21.9 Å². The molecule has 3 aromatic rings. The number of nitrogens with one attached hydrogen (secondary N) is 1. The zero-order chi connectivity index (χ0) is 25.3. The van der Waals surface area contributed by atoms with Crippen molar-refractivity contribution in [2.24, 2.45) is 5.92 Å². The summed E-state index contributed by atoms with van der Waals surface area (Å²) in [6.45, 7) is 6.73. The van der Waals surface area contributed by atoms with Gasteiger partial charge in [0.05, 0.1) is 37.6 Å². The zero-order valence-electron chi connectivity index (χ0n) is 20.7. The Bertz CT molecular complexity index is 1350. The van der Waals surface area contributed by atoms with Crippen molar-refractivity contribution in [2.75, 3.05) is 32.2 Å². The number of aromatic amines is 1. The fraction of sp³-hybridized carbons (Fsp3) is 0.385. The lowest BCUT2D eigenvalue weighted by Crippen LogP contribution is -2.37. The average Bonchev–Trinajstić information content (AvgIpc) is 3.24. The van der Waals surface area contributed by atoms with E-state index in [0.29, 0.717) is 41.3 Å². The third kappa shape index (κ3) is 4.58. The summed E-state index contributed by atoms with van der Waals surface area (Å²) >= 11 is 0. The number of hydrogen-bond donors (Lipinski definition) is 1. The number of nitrogens with zero attached hydrogens (tertiary/aromatic N) is 3. The second kappa shape index (κ2) is 9.77. The number of H-pyrrole nitrogens is 1. The molecule has 1 N–H and O–H groups in total. The summed E-state index contributed by atoms with van der Waals surface area (Å²) in [5, 5.41) is 0.367. The standard InChI is InChI=1S/C26H30N4O5/c1-6-29(14-23-27-19-12-22(35-5)21(34-4)11-18(19)25(32)28-23)26(33)17-10-24(31)30(13-17)20-9-7-8-15(2)16(20)3/h7-9,11-12,17H,6,10,13-14H2,1-5H3,(H,27,28,32). The van der Waals surface area contributed by atoms with Gasteiger partial charge in [-0.2, -0.15) is 0 Å². The number of fused-ring (bicyclic) bond motifs is 1. The lowest BCUT2D eigenvalue weighted by molar-refractivity contribution is -0.136. The van der Waals surface area contributed by atoms with Gasteiger partial charge in [0.1, 0.15) is 5.82 Å². The second-order valence-electron chi connectivity index (χ2n) is 8.71. The van der Waals surface area contributed by atoms with E-state index in [1.807, 2.05) is 39.0 Å². The Morgan fingerprint density at radius 3 is 2.57 bits per heavy atom. The van der Waals surface area contributed by atoms with Crippen molar-refractivity contribution in [3.8, 4) is 11.5 Å². The molecule has 0 aliphatic carbocycles. The summed E-state index contributed by atoms with van der Waals surface area (Å²) in [6.07, 6.45) is 0.154. The minimum Gasteiger partial charge on any atom is -0.493 e. The van der Waals surface area contributed by atoms with E-state index >= 15 is 0 Å². The van der Waals surface area contributed by atoms with Gasteiger partial charge in [-0.1, -0.05) is 12.1 Å². The number of hydrogen-bond acceptors (Lipinski definition) is 6. The summed E-state index contributed by atoms with van der Waals surface area (Å²) in [7, 11) is 3.01. The first kappa shape index (κ1) is 24.3. The van der Waals surface area contributed by atoms with E-state index in [-0.39, 0.29) is 30.3 Å². The number of carbonyl (C=O) groups excluding carboxylic acids is 2. The van der Waals surface area contributed by atoms with Gasteiger partial charge in [0, 0.05) is 31.3 Å². The summed E-state index contributed by atoms with van der Waals surface area (Å²) < 4.78 is 10.6. The molecule has 2 amide bonds. The summed E-state index contributed by atoms with van der Waals surface area (Å²) in [5.41, 5.74) is 3.10. The lowest BCUT2D eigenvalue weighted by Gasteiger charge is -2.24. The van der Waals surface area contributed by atoms with Gasteiger partial charge in [-0.05, 0) is 44.0 Å². The van der Waals surface area contributed by atoms with Crippen LogP contribution >= 0.6 is 0 Å². The van der Waals surface area contributed by atoms with Crippen LogP contribution in [0.25, 0.3) is 10.9 Å². The van der Waals surface area contributed by atoms with Gasteiger partial charge in [0.2, 0.25) is 11.8 Å². The molecule has 9 heteroatoms. The third-order valence-corrected chi connectivity index (χ3v) is 6.63. The molecule has 35 heavy (non-hydrogen) atoms. The van der Waals surface area contributed by atoms with Crippen LogP contribution < -0.4 is 19.9 Å². The Labute approximate surface area is 203 Å². The van der Waals surface area contributed by atoms with Crippen LogP contribution in [-0.2, 0) is 16.1 Å². The maximum atomic E-state index is 13.4. The molecule has 1 aromatic heterocycles. The highest BCUT2D eigenvalue weighted by atomic mass is 16.5. The highest BCUT2D eigenvalue weighted by Gasteiger charge is 2.37. The topological polar surface area (TPSA) is 105 Å². The smallest absolute Gasteiger partial charge is 0.258 e. The van der Waals surface area contributed by atoms with Crippen LogP contribution in [0.2, 0.25) is 0 Å². The molecule has 1 unspecified atom stereocenters. The van der Waals surface area contributed by atoms with Gasteiger partial charge in [-0.25, -0.2) is 4.98 Å². The van der Waals surface area contributed by atoms with E-state index in [2.05, 4.69) is 9.97 Å². The Kier molecular flexibility index (Phi) is 6.77. The Morgan fingerprint density at radius 1 is 1.17 bits per heavy atom. The second-order valence-corrected chi connectivity index (χ2v) is 8.71. The first-order valence-corrected chi connectivity index (χ1v) is 11.6. The number of benzene rings is 2. The quantitative estimate of drug-likeness (QED) is 0.560. The van der Waals surface area contributed by atoms with Crippen molar-refractivity contribution in [3.05, 3.63) is 57.6 Å². The third-order valence-electron chi connectivity index (χ3n) is 6.63. The minimum absolute atomic E-state index is 0.0635. The molecule has 1 aliphatic heterocycles. The fourth-order valence-electron chi connectivity index (χ4n) is 4.51. The SMILES string of the molecule is CCN(Cc1nc2cc(OC)c(OC)cc2c(=O)[nH]1)C(=O)C1CC(=O)N(c2cccc(C)c2C)C1. The molecular formula is C26H30N4O5. The Hall–Kier alpha value is -3.88. The lowest BCUT2D eigenvalue weighted by atomic mass is 10.1. The first-order chi connectivity index (χ1) is 16.8. The normalized spacial score (nSPS) is 15.5. The highest BCUT2D eigenvalue weighted by molar-refractivity contribution is 6.01. The fourth-order valence-corrected chi connectivity index (χ4v) is 4.51. The predicted molar refractivity (Wildman–Crippen MR) is 133 cm³/mol. The number of anilines is 1. The van der Waals surface area contributed by atoms with E-state index < -0.39 is 5.92 Å². The summed E-state index contributed by atoms with van der Waals surface area (Å²) in [4.78, 5) is 49.5. The molecule has 0 spiro atoms. The predicted octanol–water partition coefficient (Wildman–Crippen LogP) is 2.96. The van der Waals surface area contributed by atoms with Crippen LogP contribution in [0.15, 0.2) is 35.1 Å². The van der Waals surface area contributed by atoms with Gasteiger partial charge in [0.25, 0.3) is 5.56 Å². The monoisotopic (exact) mass is 478 g/mol. The first-order valence-electron chi connectivity index (χ1n) is 11.6. The van der Waals surface area contributed by atoms with Crippen molar-refractivity contribution < 1.29 is 19.1 Å². The van der Waals surface area contributed by atoms with Crippen LogP contribution in [0.1, 0.15) is 30.3 Å². The van der Waals surface area contributed by atoms with Crippen molar-refractivity contribution in [2.45, 2.75) is 33.7 Å². The number of methoxy groups -OCH3 is 2. The molecule has 2 heterocycles. The van der Waals surface area contributed by atoms with Gasteiger partial charge in [0.15, 0.2) is 11.5 Å².